The highest BCUT2D eigenvalue weighted by atomic mass is 16.6. The predicted octanol–water partition coefficient (Wildman–Crippen LogP) is 6.23. The third-order valence-corrected chi connectivity index (χ3v) is 9.04. The molecule has 2 saturated heterocycles. The molecule has 0 spiro atoms. The fraction of sp³-hybridized carbons (Fsp3) is 0.472. The number of hydrogen-bond acceptors (Lipinski definition) is 7. The summed E-state index contributed by atoms with van der Waals surface area (Å²) in [7, 11) is 1.74. The lowest BCUT2D eigenvalue weighted by Gasteiger charge is -2.38. The Balaban J connectivity index is 1.15. The summed E-state index contributed by atoms with van der Waals surface area (Å²) < 4.78 is 23.6. The predicted molar refractivity (Wildman–Crippen MR) is 173 cm³/mol. The molecule has 0 aromatic heterocycles. The van der Waals surface area contributed by atoms with Crippen molar-refractivity contribution in [2.45, 2.75) is 50.9 Å². The number of fused-ring (bicyclic) bond motifs is 1. The summed E-state index contributed by atoms with van der Waals surface area (Å²) in [5.41, 5.74) is 5.74. The Morgan fingerprint density at radius 3 is 2.52 bits per heavy atom. The van der Waals surface area contributed by atoms with Gasteiger partial charge in [0.1, 0.15) is 19.0 Å². The van der Waals surface area contributed by atoms with Gasteiger partial charge in [0, 0.05) is 51.5 Å². The summed E-state index contributed by atoms with van der Waals surface area (Å²) in [6, 6.07) is 25.2. The molecule has 8 heteroatoms. The van der Waals surface area contributed by atoms with Gasteiger partial charge >= 0.3 is 6.09 Å². The zero-order valence-corrected chi connectivity index (χ0v) is 25.9. The van der Waals surface area contributed by atoms with E-state index in [4.69, 9.17) is 18.9 Å². The number of benzene rings is 3. The molecule has 2 fully saturated rings. The van der Waals surface area contributed by atoms with Gasteiger partial charge in [-0.15, -0.1) is 0 Å². The van der Waals surface area contributed by atoms with Crippen molar-refractivity contribution in [3.8, 4) is 5.75 Å². The Kier molecular flexibility index (Phi) is 10.2. The van der Waals surface area contributed by atoms with E-state index >= 15 is 0 Å². The van der Waals surface area contributed by atoms with Crippen molar-refractivity contribution in [3.63, 3.8) is 0 Å². The quantitative estimate of drug-likeness (QED) is 0.242. The standard InChI is InChI=1S/C36H45N3O5/c1-41-22-7-19-38-21-23-42-34-15-10-29(24-33(34)38)27-43-35-25-39(36(40)44-26-28-8-3-2-4-9-28)20-16-32(35)30-11-13-31(14-12-30)37-17-5-6-18-37/h2-4,8-15,24,32,35H,5-7,16-23,25-27H2,1H3. The van der Waals surface area contributed by atoms with E-state index in [1.807, 2.05) is 30.3 Å². The average Bonchev–Trinajstić information content (AvgIpc) is 3.62. The average molecular weight is 600 g/mol. The lowest BCUT2D eigenvalue weighted by Crippen LogP contribution is -2.47. The van der Waals surface area contributed by atoms with Crippen LogP contribution in [0.4, 0.5) is 16.2 Å². The smallest absolute Gasteiger partial charge is 0.410 e. The summed E-state index contributed by atoms with van der Waals surface area (Å²) in [6.07, 6.45) is 3.86. The number of methoxy groups -OCH3 is 1. The Morgan fingerprint density at radius 2 is 1.73 bits per heavy atom. The number of anilines is 2. The van der Waals surface area contributed by atoms with Crippen molar-refractivity contribution in [1.82, 2.24) is 4.90 Å². The van der Waals surface area contributed by atoms with Gasteiger partial charge in [-0.2, -0.15) is 0 Å². The summed E-state index contributed by atoms with van der Waals surface area (Å²) in [5.74, 6) is 1.10. The van der Waals surface area contributed by atoms with Crippen LogP contribution in [-0.4, -0.2) is 76.7 Å². The number of nitrogens with zero attached hydrogens (tertiary/aromatic N) is 3. The summed E-state index contributed by atoms with van der Waals surface area (Å²) in [5, 5.41) is 0. The van der Waals surface area contributed by atoms with Crippen LogP contribution in [0.15, 0.2) is 72.8 Å². The zero-order valence-electron chi connectivity index (χ0n) is 25.9. The molecule has 0 N–H and O–H groups in total. The molecular weight excluding hydrogens is 554 g/mol. The number of hydrogen-bond donors (Lipinski definition) is 0. The number of piperidine rings is 1. The number of carbonyl (C=O) groups is 1. The largest absolute Gasteiger partial charge is 0.490 e. The summed E-state index contributed by atoms with van der Waals surface area (Å²) >= 11 is 0. The zero-order chi connectivity index (χ0) is 30.1. The van der Waals surface area contributed by atoms with Gasteiger partial charge in [0.2, 0.25) is 0 Å². The first-order chi connectivity index (χ1) is 21.7. The van der Waals surface area contributed by atoms with E-state index in [2.05, 4.69) is 52.3 Å². The molecule has 3 heterocycles. The molecule has 1 amide bonds. The third kappa shape index (κ3) is 7.48. The van der Waals surface area contributed by atoms with E-state index in [-0.39, 0.29) is 24.7 Å². The first kappa shape index (κ1) is 30.3. The van der Waals surface area contributed by atoms with Crippen molar-refractivity contribution < 1.29 is 23.7 Å². The van der Waals surface area contributed by atoms with E-state index in [1.54, 1.807) is 12.0 Å². The summed E-state index contributed by atoms with van der Waals surface area (Å²) in [4.78, 5) is 19.8. The van der Waals surface area contributed by atoms with Crippen LogP contribution in [-0.2, 0) is 27.4 Å². The number of rotatable bonds is 11. The van der Waals surface area contributed by atoms with Crippen molar-refractivity contribution in [3.05, 3.63) is 89.5 Å². The topological polar surface area (TPSA) is 63.7 Å². The highest BCUT2D eigenvalue weighted by Gasteiger charge is 2.34. The van der Waals surface area contributed by atoms with Crippen molar-refractivity contribution in [1.29, 1.82) is 0 Å². The SMILES string of the molecule is COCCCN1CCOc2ccc(COC3CN(C(=O)OCc4ccccc4)CCC3c3ccc(N4CCCC4)cc3)cc21. The molecule has 0 saturated carbocycles. The van der Waals surface area contributed by atoms with Crippen LogP contribution >= 0.6 is 0 Å². The maximum absolute atomic E-state index is 13.1. The molecular formula is C36H45N3O5. The van der Waals surface area contributed by atoms with Crippen LogP contribution in [0.5, 0.6) is 5.75 Å². The number of amides is 1. The Labute approximate surface area is 261 Å². The minimum atomic E-state index is -0.289. The van der Waals surface area contributed by atoms with Crippen LogP contribution in [0.1, 0.15) is 48.3 Å². The van der Waals surface area contributed by atoms with Crippen LogP contribution in [0.2, 0.25) is 0 Å². The first-order valence-electron chi connectivity index (χ1n) is 16.1. The van der Waals surface area contributed by atoms with Gasteiger partial charge < -0.3 is 33.6 Å². The number of ether oxygens (including phenoxy) is 4. The minimum Gasteiger partial charge on any atom is -0.490 e. The Bertz CT molecular complexity index is 1350. The second kappa shape index (κ2) is 14.8. The molecule has 0 bridgehead atoms. The van der Waals surface area contributed by atoms with Gasteiger partial charge in [-0.3, -0.25) is 0 Å². The van der Waals surface area contributed by atoms with Gasteiger partial charge in [0.15, 0.2) is 0 Å². The van der Waals surface area contributed by atoms with Crippen molar-refractivity contribution in [2.24, 2.45) is 0 Å². The van der Waals surface area contributed by atoms with Crippen molar-refractivity contribution >= 4 is 17.5 Å². The maximum Gasteiger partial charge on any atom is 0.410 e. The molecule has 3 aliphatic rings. The second-order valence-electron chi connectivity index (χ2n) is 12.0. The highest BCUT2D eigenvalue weighted by Crippen LogP contribution is 2.35. The molecule has 2 atom stereocenters. The van der Waals surface area contributed by atoms with E-state index in [0.29, 0.717) is 26.3 Å². The van der Waals surface area contributed by atoms with Gasteiger partial charge in [-0.05, 0) is 66.6 Å². The third-order valence-electron chi connectivity index (χ3n) is 9.04. The van der Waals surface area contributed by atoms with Crippen LogP contribution in [0, 0.1) is 0 Å². The summed E-state index contributed by atoms with van der Waals surface area (Å²) in [6.45, 7) is 7.32. The molecule has 2 unspecified atom stereocenters. The van der Waals surface area contributed by atoms with Gasteiger partial charge in [0.25, 0.3) is 0 Å². The van der Waals surface area contributed by atoms with Crippen LogP contribution in [0.25, 0.3) is 0 Å². The number of likely N-dealkylation sites (tertiary alicyclic amines) is 1. The van der Waals surface area contributed by atoms with E-state index in [9.17, 15) is 4.79 Å². The molecule has 44 heavy (non-hydrogen) atoms. The normalized spacial score (nSPS) is 19.9. The van der Waals surface area contributed by atoms with E-state index < -0.39 is 0 Å². The number of carbonyl (C=O) groups excluding carboxylic acids is 1. The van der Waals surface area contributed by atoms with E-state index in [1.165, 1.54) is 24.1 Å². The van der Waals surface area contributed by atoms with Crippen molar-refractivity contribution in [2.75, 3.05) is 69.4 Å². The fourth-order valence-corrected chi connectivity index (χ4v) is 6.59. The van der Waals surface area contributed by atoms with E-state index in [0.717, 1.165) is 68.2 Å². The minimum absolute atomic E-state index is 0.157. The molecule has 8 nitrogen and oxygen atoms in total. The highest BCUT2D eigenvalue weighted by molar-refractivity contribution is 5.68. The fourth-order valence-electron chi connectivity index (χ4n) is 6.59. The second-order valence-corrected chi connectivity index (χ2v) is 12.0. The van der Waals surface area contributed by atoms with Crippen LogP contribution < -0.4 is 14.5 Å². The van der Waals surface area contributed by atoms with Crippen LogP contribution in [0.3, 0.4) is 0 Å². The lowest BCUT2D eigenvalue weighted by atomic mass is 9.87. The van der Waals surface area contributed by atoms with Gasteiger partial charge in [0.05, 0.1) is 31.5 Å². The Hall–Kier alpha value is -3.75. The Morgan fingerprint density at radius 1 is 0.909 bits per heavy atom. The molecule has 0 radical (unpaired) electrons. The van der Waals surface area contributed by atoms with Gasteiger partial charge in [-0.25, -0.2) is 4.79 Å². The first-order valence-corrected chi connectivity index (χ1v) is 16.1. The molecule has 6 rings (SSSR count). The maximum atomic E-state index is 13.1. The lowest BCUT2D eigenvalue weighted by molar-refractivity contribution is -0.0246. The monoisotopic (exact) mass is 599 g/mol. The van der Waals surface area contributed by atoms with Gasteiger partial charge in [-0.1, -0.05) is 48.5 Å². The molecule has 234 valence electrons. The molecule has 0 aliphatic carbocycles. The molecule has 3 aromatic rings. The molecule has 3 aromatic carbocycles. The molecule has 3 aliphatic heterocycles.